The molecular formula is C41H45ClN6O5. The van der Waals surface area contributed by atoms with Gasteiger partial charge in [0.05, 0.1) is 66.0 Å². The van der Waals surface area contributed by atoms with Crippen LogP contribution in [0.1, 0.15) is 37.8 Å². The van der Waals surface area contributed by atoms with E-state index in [0.717, 1.165) is 57.2 Å². The average molecular weight is 737 g/mol. The number of ether oxygens (including phenoxy) is 3. The van der Waals surface area contributed by atoms with E-state index in [1.807, 2.05) is 79.3 Å². The second-order valence-corrected chi connectivity index (χ2v) is 15.6. The normalized spacial score (nSPS) is 17.9. The first-order valence-electron chi connectivity index (χ1n) is 18.0. The van der Waals surface area contributed by atoms with Gasteiger partial charge in [-0.3, -0.25) is 14.6 Å². The Balaban J connectivity index is 1.07. The van der Waals surface area contributed by atoms with Crippen molar-refractivity contribution in [2.75, 3.05) is 47.5 Å². The van der Waals surface area contributed by atoms with Crippen LogP contribution in [-0.4, -0.2) is 94.7 Å². The fraction of sp³-hybridized carbons (Fsp3) is 0.390. The van der Waals surface area contributed by atoms with Crippen molar-refractivity contribution in [2.24, 2.45) is 5.41 Å². The van der Waals surface area contributed by atoms with Gasteiger partial charge >= 0.3 is 0 Å². The van der Waals surface area contributed by atoms with Crippen molar-refractivity contribution in [1.82, 2.24) is 29.9 Å². The van der Waals surface area contributed by atoms with Crippen LogP contribution in [0.3, 0.4) is 0 Å². The van der Waals surface area contributed by atoms with E-state index in [1.165, 1.54) is 0 Å². The molecule has 3 aromatic carbocycles. The lowest BCUT2D eigenvalue weighted by Gasteiger charge is -2.47. The number of carbonyl (C=O) groups is 1. The fourth-order valence-corrected chi connectivity index (χ4v) is 8.20. The molecule has 276 valence electrons. The quantitative estimate of drug-likeness (QED) is 0.157. The molecule has 3 fully saturated rings. The third-order valence-electron chi connectivity index (χ3n) is 10.7. The minimum Gasteiger partial charge on any atom is -0.496 e. The summed E-state index contributed by atoms with van der Waals surface area (Å²) in [7, 11) is 4.95. The van der Waals surface area contributed by atoms with Gasteiger partial charge in [-0.1, -0.05) is 48.0 Å². The molecule has 11 nitrogen and oxygen atoms in total. The van der Waals surface area contributed by atoms with E-state index in [-0.39, 0.29) is 11.3 Å². The lowest BCUT2D eigenvalue weighted by Crippen LogP contribution is -2.61. The molecule has 4 heterocycles. The molecule has 1 amide bonds. The lowest BCUT2D eigenvalue weighted by molar-refractivity contribution is -0.140. The minimum atomic E-state index is -0.647. The molecule has 3 aliphatic rings. The van der Waals surface area contributed by atoms with Crippen LogP contribution in [0.25, 0.3) is 39.0 Å². The first-order valence-corrected chi connectivity index (χ1v) is 18.4. The highest BCUT2D eigenvalue weighted by atomic mass is 35.5. The summed E-state index contributed by atoms with van der Waals surface area (Å²) in [6.07, 6.45) is 4.02. The number of halogens is 1. The van der Waals surface area contributed by atoms with Crippen LogP contribution in [0, 0.1) is 5.41 Å². The zero-order valence-corrected chi connectivity index (χ0v) is 31.5. The van der Waals surface area contributed by atoms with Gasteiger partial charge < -0.3 is 24.6 Å². The van der Waals surface area contributed by atoms with Gasteiger partial charge in [0.25, 0.3) is 0 Å². The van der Waals surface area contributed by atoms with Gasteiger partial charge in [0, 0.05) is 79.5 Å². The topological polar surface area (TPSA) is 114 Å². The van der Waals surface area contributed by atoms with Gasteiger partial charge in [-0.2, -0.15) is 5.10 Å². The Hall–Kier alpha value is -4.68. The van der Waals surface area contributed by atoms with Crippen LogP contribution < -0.4 is 19.5 Å². The molecule has 1 aliphatic carbocycles. The molecular weight excluding hydrogens is 692 g/mol. The Kier molecular flexibility index (Phi) is 9.09. The van der Waals surface area contributed by atoms with Crippen LogP contribution >= 0.6 is 11.6 Å². The molecule has 12 heteroatoms. The van der Waals surface area contributed by atoms with E-state index in [9.17, 15) is 9.90 Å². The summed E-state index contributed by atoms with van der Waals surface area (Å²) in [6.45, 7) is 7.70. The van der Waals surface area contributed by atoms with Crippen LogP contribution in [0.2, 0.25) is 5.02 Å². The van der Waals surface area contributed by atoms with E-state index in [0.29, 0.717) is 73.4 Å². The summed E-state index contributed by atoms with van der Waals surface area (Å²) < 4.78 is 19.4. The molecule has 0 unspecified atom stereocenters. The number of hydrogen-bond donors (Lipinski definition) is 2. The van der Waals surface area contributed by atoms with Crippen LogP contribution in [-0.2, 0) is 17.9 Å². The first-order chi connectivity index (χ1) is 25.5. The number of hydrogen-bond acceptors (Lipinski definition) is 9. The van der Waals surface area contributed by atoms with Crippen molar-refractivity contribution in [3.8, 4) is 45.5 Å². The second kappa shape index (κ2) is 13.6. The number of methoxy groups -OCH3 is 3. The third kappa shape index (κ3) is 6.71. The maximum atomic E-state index is 12.8. The van der Waals surface area contributed by atoms with Gasteiger partial charge in [0.2, 0.25) is 11.8 Å². The monoisotopic (exact) mass is 736 g/mol. The third-order valence-corrected chi connectivity index (χ3v) is 11.1. The van der Waals surface area contributed by atoms with Gasteiger partial charge in [-0.05, 0) is 44.4 Å². The summed E-state index contributed by atoms with van der Waals surface area (Å²) in [5.74, 6) is 2.06. The average Bonchev–Trinajstić information content (AvgIpc) is 3.84. The van der Waals surface area contributed by atoms with E-state index in [2.05, 4.69) is 21.2 Å². The van der Waals surface area contributed by atoms with E-state index >= 15 is 0 Å². The number of nitrogens with one attached hydrogen (secondary N) is 1. The first kappa shape index (κ1) is 35.4. The molecule has 53 heavy (non-hydrogen) atoms. The van der Waals surface area contributed by atoms with Gasteiger partial charge in [-0.15, -0.1) is 0 Å². The number of rotatable bonds is 12. The number of aromatic nitrogens is 3. The Morgan fingerprint density at radius 1 is 0.887 bits per heavy atom. The Bertz CT molecular complexity index is 2180. The maximum Gasteiger partial charge on any atom is 0.228 e. The van der Waals surface area contributed by atoms with Gasteiger partial charge in [0.15, 0.2) is 0 Å². The number of β-amino-alcohol motifs (C(OH)–C–C–N with tert-alkyl or cyclic N) is 1. The number of amides is 1. The maximum absolute atomic E-state index is 12.8. The second-order valence-electron chi connectivity index (χ2n) is 15.3. The van der Waals surface area contributed by atoms with Crippen LogP contribution in [0.5, 0.6) is 17.4 Å². The Labute approximate surface area is 314 Å². The van der Waals surface area contributed by atoms with Crippen molar-refractivity contribution >= 4 is 28.4 Å². The van der Waals surface area contributed by atoms with E-state index < -0.39 is 5.60 Å². The number of aliphatic hydroxyl groups is 1. The predicted molar refractivity (Wildman–Crippen MR) is 205 cm³/mol. The number of benzene rings is 3. The lowest BCUT2D eigenvalue weighted by atomic mass is 9.80. The molecule has 2 N–H and O–H groups in total. The molecule has 2 saturated heterocycles. The summed E-state index contributed by atoms with van der Waals surface area (Å²) >= 11 is 7.20. The van der Waals surface area contributed by atoms with Crippen LogP contribution in [0.15, 0.2) is 66.9 Å². The molecule has 5 aromatic rings. The molecule has 0 spiro atoms. The van der Waals surface area contributed by atoms with Crippen molar-refractivity contribution in [3.05, 3.63) is 83.0 Å². The fourth-order valence-electron chi connectivity index (χ4n) is 7.87. The molecule has 0 atom stereocenters. The van der Waals surface area contributed by atoms with Gasteiger partial charge in [-0.25, -0.2) is 9.67 Å². The van der Waals surface area contributed by atoms with E-state index in [1.54, 1.807) is 21.3 Å². The number of nitrogens with zero attached hydrogens (tertiary/aromatic N) is 5. The number of fused-ring (bicyclic) bond motifs is 1. The molecule has 1 saturated carbocycles. The summed E-state index contributed by atoms with van der Waals surface area (Å²) in [4.78, 5) is 22.1. The highest BCUT2D eigenvalue weighted by molar-refractivity contribution is 6.36. The molecule has 0 radical (unpaired) electrons. The largest absolute Gasteiger partial charge is 0.496 e. The Morgan fingerprint density at radius 3 is 2.21 bits per heavy atom. The number of carbonyl (C=O) groups excluding carboxylic acids is 1. The standard InChI is InChI=1S/C41H45ClN6O5/c1-40(39(49)44-26-13-14-26)21-47(22-40)20-32-35(51-3)16-27(17-36(32)52-4)48-34-11-7-8-28(31(34)18-43-48)29-9-6-10-30(37(29)42)33-15-12-25(38(45-33)53-5)19-46-23-41(2,50)24-46/h6-12,15-18,26,50H,13-14,19-24H2,1-5H3,(H,44,49). The summed E-state index contributed by atoms with van der Waals surface area (Å²) in [6, 6.07) is 20.4. The smallest absolute Gasteiger partial charge is 0.228 e. The minimum absolute atomic E-state index is 0.143. The molecule has 2 aromatic heterocycles. The van der Waals surface area contributed by atoms with Crippen molar-refractivity contribution in [1.29, 1.82) is 0 Å². The van der Waals surface area contributed by atoms with Crippen LogP contribution in [0.4, 0.5) is 0 Å². The Morgan fingerprint density at radius 2 is 1.55 bits per heavy atom. The SMILES string of the molecule is COc1cc(-n2ncc3c(-c4cccc(-c5ccc(CN6CC(C)(O)C6)c(OC)n5)c4Cl)cccc32)cc(OC)c1CN1CC(C)(C(=O)NC2CC2)C1. The van der Waals surface area contributed by atoms with Crippen molar-refractivity contribution in [3.63, 3.8) is 0 Å². The van der Waals surface area contributed by atoms with Gasteiger partial charge in [0.1, 0.15) is 11.5 Å². The molecule has 0 bridgehead atoms. The highest BCUT2D eigenvalue weighted by Crippen LogP contribution is 2.42. The molecule has 8 rings (SSSR count). The van der Waals surface area contributed by atoms with Crippen molar-refractivity contribution < 1.29 is 24.1 Å². The molecule has 2 aliphatic heterocycles. The van der Waals surface area contributed by atoms with E-state index in [4.69, 9.17) is 35.9 Å². The highest BCUT2D eigenvalue weighted by Gasteiger charge is 2.46. The number of pyridine rings is 1. The zero-order chi connectivity index (χ0) is 37.1. The summed E-state index contributed by atoms with van der Waals surface area (Å²) in [5.41, 5.74) is 5.85. The predicted octanol–water partition coefficient (Wildman–Crippen LogP) is 6.10. The zero-order valence-electron chi connectivity index (χ0n) is 30.8. The summed E-state index contributed by atoms with van der Waals surface area (Å²) in [5, 5.41) is 19.7. The van der Waals surface area contributed by atoms with Crippen molar-refractivity contribution in [2.45, 2.75) is 51.4 Å². The number of likely N-dealkylation sites (tertiary alicyclic amines) is 2.